The van der Waals surface area contributed by atoms with Crippen molar-refractivity contribution in [2.24, 2.45) is 34.5 Å². The van der Waals surface area contributed by atoms with E-state index >= 15 is 0 Å². The number of hydrogen-bond donors (Lipinski definition) is 4. The van der Waals surface area contributed by atoms with Crippen molar-refractivity contribution < 1.29 is 123 Å². The molecule has 4 bridgehead atoms. The van der Waals surface area contributed by atoms with Crippen LogP contribution in [0.15, 0.2) is 177 Å². The van der Waals surface area contributed by atoms with Crippen molar-refractivity contribution in [1.29, 1.82) is 0 Å². The van der Waals surface area contributed by atoms with Crippen LogP contribution in [-0.2, 0) is 142 Å². The summed E-state index contributed by atoms with van der Waals surface area (Å²) in [7, 11) is -3.50. The Hall–Kier alpha value is -8.31. The standard InChI is InChI=1S/2C28H37BN4O3.C18H23BN4O3.C6H7BO2.6CHO.4CH4.2Re/c2*1-27(2)20-15-23(27)28(3)24(16-20)35-29(36-28)25-11-8-14-33(25)26(34)19-32(17-21-9-4-6-12-30-21)18-22-10-5-7-13-31-22;24-18(23-11-5-8-17(23)19(25)26)14-22(12-15-6-1-3-9-20-15)13-16-7-2-4-10-21-16;8-7(9)6-4-2-1-3-5-6;6*1-2;;;;;;/h2*4-7,9-10,12-13,20,23-25H,8,11,14-19H2,1-3H3;1-4,6-7,9-10,17,25-26H,5,8,11-14H2;1-5,8-9H;6*1H;4*1H4;;/q;;;;6*-1;;;;;;/t2*20-,23?,24+,25-,28-;17-;;;;;;;;;;;;;/m000............./s1. The largest absolute Gasteiger partial charge is 0.545 e. The summed E-state index contributed by atoms with van der Waals surface area (Å²) >= 11 is 0. The SMILES string of the molecule is C.C.C.C.CC1(C)C2C[C@H]1C[C@H]1OB([C@@H]3CCCN3C(=O)CN(Cc3ccccn3)Cc3ccccn3)O[C@@]21C.CC1(C)C2C[C@H]1C[C@H]1OB([C@@H]3CCCN3C(=O)CN(Cc3ccccn3)Cc3ccccn3)O[C@@]21C.O=C(CN(Cc1ccccn1)Cc1ccccn1)N1CCC[C@H]1B(O)O.OB(O)c1ccccc1.[CH-]=O.[CH-]=O.[CH-]=O.[CH-]=O.[CH-]=O.[CH-]=O.[Re].[Re]. The molecule has 11 fully saturated rings. The third kappa shape index (κ3) is 29.9. The molecule has 11 atom stereocenters. The molecule has 6 aliphatic carbocycles. The Balaban J connectivity index is 0.000000832. The van der Waals surface area contributed by atoms with Crippen molar-refractivity contribution in [3.8, 4) is 0 Å². The number of likely N-dealkylation sites (tertiary alicyclic amines) is 3. The normalized spacial score (nSPS) is 23.0. The molecule has 6 aromatic heterocycles. The van der Waals surface area contributed by atoms with Crippen LogP contribution in [0.25, 0.3) is 0 Å². The maximum atomic E-state index is 13.7. The minimum Gasteiger partial charge on any atom is -0.545 e. The molecule has 680 valence electrons. The zero-order valence-electron chi connectivity index (χ0n) is 69.5. The van der Waals surface area contributed by atoms with E-state index in [1.807, 2.05) is 130 Å². The second-order valence-corrected chi connectivity index (χ2v) is 32.1. The van der Waals surface area contributed by atoms with Crippen molar-refractivity contribution in [2.45, 2.75) is 216 Å². The van der Waals surface area contributed by atoms with Crippen LogP contribution < -0.4 is 5.46 Å². The van der Waals surface area contributed by atoms with Gasteiger partial charge in [0.2, 0.25) is 17.7 Å². The molecule has 7 aromatic rings. The maximum absolute atomic E-state index is 13.7. The van der Waals surface area contributed by atoms with Crippen LogP contribution in [0.4, 0.5) is 0 Å². The Kier molecular flexibility index (Phi) is 52.1. The third-order valence-electron chi connectivity index (χ3n) is 24.6. The van der Waals surface area contributed by atoms with Crippen LogP contribution in [0.2, 0.25) is 0 Å². The molecular weight excluding hydrogens is 1940 g/mol. The molecule has 1 aromatic carbocycles. The Labute approximate surface area is 770 Å². The first-order chi connectivity index (χ1) is 57.6. The van der Waals surface area contributed by atoms with Crippen molar-refractivity contribution in [3.63, 3.8) is 0 Å². The van der Waals surface area contributed by atoms with E-state index in [4.69, 9.17) is 57.4 Å². The van der Waals surface area contributed by atoms with Gasteiger partial charge in [0.15, 0.2) is 0 Å². The average molecular weight is 2060 g/mol. The molecule has 125 heavy (non-hydrogen) atoms. The number of nitrogens with zero attached hydrogens (tertiary/aromatic N) is 12. The summed E-state index contributed by atoms with van der Waals surface area (Å²) in [6.45, 7) is 39.8. The van der Waals surface area contributed by atoms with Gasteiger partial charge in [0, 0.05) is 137 Å². The van der Waals surface area contributed by atoms with Crippen molar-refractivity contribution in [1.82, 2.24) is 59.3 Å². The molecular formula is C90H126B4N12O17Re2-6. The monoisotopic (exact) mass is 2060 g/mol. The van der Waals surface area contributed by atoms with Crippen LogP contribution in [-0.4, -0.2) is 247 Å². The van der Waals surface area contributed by atoms with E-state index in [1.165, 1.54) is 12.8 Å². The van der Waals surface area contributed by atoms with Crippen LogP contribution in [0, 0.1) is 34.5 Å². The first kappa shape index (κ1) is 115. The number of aromatic nitrogens is 6. The minimum atomic E-state index is -1.50. The Bertz CT molecular complexity index is 3840. The predicted octanol–water partition coefficient (Wildman–Crippen LogP) is 8.22. The van der Waals surface area contributed by atoms with Crippen LogP contribution in [0.3, 0.4) is 0 Å². The van der Waals surface area contributed by atoms with Gasteiger partial charge in [0.25, 0.3) is 0 Å². The number of carbonyl (C=O) groups excluding carboxylic acids is 9. The third-order valence-corrected chi connectivity index (χ3v) is 24.6. The fourth-order valence-electron chi connectivity index (χ4n) is 18.6. The summed E-state index contributed by atoms with van der Waals surface area (Å²) in [4.78, 5) is 125. The molecule has 0 spiro atoms. The summed E-state index contributed by atoms with van der Waals surface area (Å²) in [6, 6.07) is 43.7. The van der Waals surface area contributed by atoms with Gasteiger partial charge in [-0.2, -0.15) is 0 Å². The first-order valence-electron chi connectivity index (χ1n) is 39.9. The maximum Gasteiger partial charge on any atom is 0.488 e. The topological polar surface area (TPSA) is 368 Å². The Morgan fingerprint density at radius 1 is 0.400 bits per heavy atom. The van der Waals surface area contributed by atoms with Crippen LogP contribution in [0.1, 0.15) is 170 Å². The number of amides is 3. The van der Waals surface area contributed by atoms with Gasteiger partial charge in [0.05, 0.1) is 95.0 Å². The van der Waals surface area contributed by atoms with Crippen molar-refractivity contribution in [2.75, 3.05) is 39.3 Å². The second-order valence-electron chi connectivity index (χ2n) is 32.1. The van der Waals surface area contributed by atoms with E-state index in [1.54, 1.807) is 66.3 Å². The quantitative estimate of drug-likeness (QED) is 0.0282. The van der Waals surface area contributed by atoms with Crippen molar-refractivity contribution in [3.05, 3.63) is 211 Å². The minimum absolute atomic E-state index is 0. The number of hydrogen-bond acceptors (Lipinski definition) is 26. The summed E-state index contributed by atoms with van der Waals surface area (Å²) in [5.74, 6) is 2.07. The average Bonchev–Trinajstić information content (AvgIpc) is 1.61. The van der Waals surface area contributed by atoms with Gasteiger partial charge in [-0.05, 0) is 191 Å². The summed E-state index contributed by atoms with van der Waals surface area (Å²) < 4.78 is 26.6. The molecule has 11 aliphatic rings. The van der Waals surface area contributed by atoms with E-state index in [-0.39, 0.29) is 144 Å². The fourth-order valence-corrected chi connectivity index (χ4v) is 18.6. The van der Waals surface area contributed by atoms with Gasteiger partial charge in [-0.3, -0.25) is 99.7 Å². The van der Waals surface area contributed by atoms with E-state index in [9.17, 15) is 24.4 Å². The van der Waals surface area contributed by atoms with Gasteiger partial charge in [0.1, 0.15) is 0 Å². The summed E-state index contributed by atoms with van der Waals surface area (Å²) in [5, 5.41) is 36.2. The molecule has 29 nitrogen and oxygen atoms in total. The molecule has 3 amide bonds. The zero-order chi connectivity index (χ0) is 86.9. The fraction of sp³-hybridized carbons (Fsp3) is 0.500. The van der Waals surface area contributed by atoms with Gasteiger partial charge >= 0.3 is 28.5 Å². The van der Waals surface area contributed by atoms with E-state index in [0.29, 0.717) is 93.5 Å². The smallest absolute Gasteiger partial charge is 0.488 e. The predicted molar refractivity (Wildman–Crippen MR) is 476 cm³/mol. The number of rotatable bonds is 22. The van der Waals surface area contributed by atoms with E-state index < -0.39 is 20.2 Å². The second kappa shape index (κ2) is 56.8. The van der Waals surface area contributed by atoms with E-state index in [2.05, 4.69) is 122 Å². The molecule has 2 unspecified atom stereocenters. The van der Waals surface area contributed by atoms with Crippen LogP contribution >= 0.6 is 0 Å². The molecule has 18 rings (SSSR count). The summed E-state index contributed by atoms with van der Waals surface area (Å²) in [5.41, 5.74) is 6.18. The van der Waals surface area contributed by atoms with Crippen molar-refractivity contribution >= 4 is 92.4 Å². The molecule has 5 aliphatic heterocycles. The molecule has 5 saturated heterocycles. The molecule has 35 heteroatoms. The van der Waals surface area contributed by atoms with Gasteiger partial charge in [-0.15, -0.1) is 0 Å². The van der Waals surface area contributed by atoms with Gasteiger partial charge in [-0.1, -0.05) is 124 Å². The van der Waals surface area contributed by atoms with Crippen LogP contribution in [0.5, 0.6) is 0 Å². The number of pyridine rings is 6. The Morgan fingerprint density at radius 3 is 0.912 bits per heavy atom. The Morgan fingerprint density at radius 2 is 0.664 bits per heavy atom. The van der Waals surface area contributed by atoms with Gasteiger partial charge in [-0.25, -0.2) is 0 Å². The molecule has 11 heterocycles. The number of benzene rings is 1. The summed E-state index contributed by atoms with van der Waals surface area (Å²) in [6.07, 6.45) is 20.8. The molecule has 6 saturated carbocycles. The first-order valence-corrected chi connectivity index (χ1v) is 39.9. The number of carbonyl (C=O) groups is 3. The zero-order valence-corrected chi connectivity index (χ0v) is 74.9. The molecule has 2 radical (unpaired) electrons. The van der Waals surface area contributed by atoms with Gasteiger partial charge < -0.3 is 82.2 Å². The van der Waals surface area contributed by atoms with E-state index in [0.717, 1.165) is 104 Å². The molecule has 4 N–H and O–H groups in total.